The van der Waals surface area contributed by atoms with E-state index in [4.69, 9.17) is 4.74 Å². The average Bonchev–Trinajstić information content (AvgIpc) is 2.68. The van der Waals surface area contributed by atoms with Gasteiger partial charge in [-0.25, -0.2) is 0 Å². The summed E-state index contributed by atoms with van der Waals surface area (Å²) in [5, 5.41) is 5.29. The topological polar surface area (TPSA) is 55.4 Å². The van der Waals surface area contributed by atoms with Crippen molar-refractivity contribution >= 4 is 22.5 Å². The van der Waals surface area contributed by atoms with E-state index in [1.165, 1.54) is 16.3 Å². The second-order valence-electron chi connectivity index (χ2n) is 6.41. The van der Waals surface area contributed by atoms with Crippen molar-refractivity contribution in [3.8, 4) is 5.75 Å². The molecule has 1 aliphatic heterocycles. The molecular formula is C22H19NO3. The van der Waals surface area contributed by atoms with Gasteiger partial charge in [0.1, 0.15) is 5.75 Å². The maximum atomic E-state index is 12.4. The Morgan fingerprint density at radius 2 is 1.77 bits per heavy atom. The summed E-state index contributed by atoms with van der Waals surface area (Å²) in [4.78, 5) is 24.6. The first-order chi connectivity index (χ1) is 12.7. The third-order valence-electron chi connectivity index (χ3n) is 4.69. The second kappa shape index (κ2) is 7.00. The Morgan fingerprint density at radius 1 is 1.00 bits per heavy atom. The third kappa shape index (κ3) is 3.18. The predicted octanol–water partition coefficient (Wildman–Crippen LogP) is 3.53. The molecule has 3 aromatic carbocycles. The minimum absolute atomic E-state index is 0.0546. The van der Waals surface area contributed by atoms with Crippen LogP contribution in [0.2, 0.25) is 0 Å². The van der Waals surface area contributed by atoms with E-state index in [1.807, 2.05) is 18.2 Å². The van der Waals surface area contributed by atoms with Gasteiger partial charge in [0.15, 0.2) is 11.9 Å². The van der Waals surface area contributed by atoms with Gasteiger partial charge in [-0.15, -0.1) is 0 Å². The molecule has 130 valence electrons. The van der Waals surface area contributed by atoms with Gasteiger partial charge in [-0.2, -0.15) is 0 Å². The Bertz CT molecular complexity index is 975. The number of ketones is 1. The van der Waals surface area contributed by atoms with Crippen LogP contribution in [0.25, 0.3) is 10.8 Å². The maximum absolute atomic E-state index is 12.4. The molecule has 0 aliphatic carbocycles. The summed E-state index contributed by atoms with van der Waals surface area (Å²) in [5.74, 6) is 0.187. The number of benzene rings is 3. The SMILES string of the molecule is O=C1C[C@H](C(=O)NCCc2cccc3ccccc23)Oc2ccccc21. The molecule has 0 radical (unpaired) electrons. The molecule has 0 saturated carbocycles. The largest absolute Gasteiger partial charge is 0.479 e. The lowest BCUT2D eigenvalue weighted by Gasteiger charge is -2.24. The number of para-hydroxylation sites is 1. The molecule has 0 aromatic heterocycles. The smallest absolute Gasteiger partial charge is 0.261 e. The van der Waals surface area contributed by atoms with Crippen molar-refractivity contribution in [3.63, 3.8) is 0 Å². The van der Waals surface area contributed by atoms with E-state index < -0.39 is 6.10 Å². The summed E-state index contributed by atoms with van der Waals surface area (Å²) < 4.78 is 5.70. The van der Waals surface area contributed by atoms with Crippen LogP contribution in [0.5, 0.6) is 5.75 Å². The molecule has 1 amide bonds. The van der Waals surface area contributed by atoms with Crippen LogP contribution in [0.1, 0.15) is 22.3 Å². The quantitative estimate of drug-likeness (QED) is 0.787. The van der Waals surface area contributed by atoms with Gasteiger partial charge in [0.25, 0.3) is 5.91 Å². The molecule has 4 nitrogen and oxygen atoms in total. The Hall–Kier alpha value is -3.14. The van der Waals surface area contributed by atoms with E-state index >= 15 is 0 Å². The van der Waals surface area contributed by atoms with Crippen molar-refractivity contribution in [2.24, 2.45) is 0 Å². The van der Waals surface area contributed by atoms with E-state index in [0.717, 1.165) is 6.42 Å². The Kier molecular flexibility index (Phi) is 4.40. The normalized spacial score (nSPS) is 16.0. The third-order valence-corrected chi connectivity index (χ3v) is 4.69. The van der Waals surface area contributed by atoms with E-state index in [0.29, 0.717) is 17.9 Å². The lowest BCUT2D eigenvalue weighted by atomic mass is 10.00. The zero-order chi connectivity index (χ0) is 17.9. The molecule has 1 aliphatic rings. The highest BCUT2D eigenvalue weighted by Gasteiger charge is 2.30. The number of carbonyl (C=O) groups is 2. The van der Waals surface area contributed by atoms with Gasteiger partial charge in [0.05, 0.1) is 12.0 Å². The molecule has 3 aromatic rings. The summed E-state index contributed by atoms with van der Waals surface area (Å²) >= 11 is 0. The zero-order valence-corrected chi connectivity index (χ0v) is 14.3. The summed E-state index contributed by atoms with van der Waals surface area (Å²) in [7, 11) is 0. The zero-order valence-electron chi connectivity index (χ0n) is 14.3. The van der Waals surface area contributed by atoms with Gasteiger partial charge >= 0.3 is 0 Å². The number of amides is 1. The van der Waals surface area contributed by atoms with Crippen molar-refractivity contribution < 1.29 is 14.3 Å². The molecule has 4 rings (SSSR count). The fourth-order valence-electron chi connectivity index (χ4n) is 3.36. The first kappa shape index (κ1) is 16.3. The Labute approximate surface area is 151 Å². The van der Waals surface area contributed by atoms with Crippen LogP contribution in [-0.2, 0) is 11.2 Å². The van der Waals surface area contributed by atoms with Crippen LogP contribution in [0.15, 0.2) is 66.7 Å². The standard InChI is InChI=1S/C22H19NO3/c24-19-14-21(26-20-11-4-3-10-18(19)20)22(25)23-13-12-16-8-5-7-15-6-1-2-9-17(15)16/h1-11,21H,12-14H2,(H,23,25)/t21-/m1/s1. The summed E-state index contributed by atoms with van der Waals surface area (Å²) in [6.45, 7) is 0.503. The fraction of sp³-hybridized carbons (Fsp3) is 0.182. The van der Waals surface area contributed by atoms with Crippen LogP contribution in [0.4, 0.5) is 0 Å². The monoisotopic (exact) mass is 345 g/mol. The molecule has 1 heterocycles. The number of nitrogens with one attached hydrogen (secondary N) is 1. The number of ether oxygens (including phenoxy) is 1. The minimum Gasteiger partial charge on any atom is -0.479 e. The molecule has 0 fully saturated rings. The minimum atomic E-state index is -0.759. The average molecular weight is 345 g/mol. The predicted molar refractivity (Wildman–Crippen MR) is 100 cm³/mol. The highest BCUT2D eigenvalue weighted by Crippen LogP contribution is 2.27. The van der Waals surface area contributed by atoms with E-state index in [9.17, 15) is 9.59 Å². The van der Waals surface area contributed by atoms with Crippen LogP contribution in [0.3, 0.4) is 0 Å². The van der Waals surface area contributed by atoms with Crippen molar-refractivity contribution in [3.05, 3.63) is 77.9 Å². The van der Waals surface area contributed by atoms with Crippen molar-refractivity contribution in [1.29, 1.82) is 0 Å². The number of fused-ring (bicyclic) bond motifs is 2. The first-order valence-corrected chi connectivity index (χ1v) is 8.75. The van der Waals surface area contributed by atoms with E-state index in [1.54, 1.807) is 24.3 Å². The molecule has 0 spiro atoms. The first-order valence-electron chi connectivity index (χ1n) is 8.75. The van der Waals surface area contributed by atoms with Crippen molar-refractivity contribution in [2.45, 2.75) is 18.9 Å². The number of Topliss-reactive ketones (excluding diaryl/α,β-unsaturated/α-hetero) is 1. The van der Waals surface area contributed by atoms with Gasteiger partial charge < -0.3 is 10.1 Å². The van der Waals surface area contributed by atoms with Gasteiger partial charge in [-0.1, -0.05) is 54.6 Å². The molecule has 26 heavy (non-hydrogen) atoms. The van der Waals surface area contributed by atoms with E-state index in [-0.39, 0.29) is 18.1 Å². The van der Waals surface area contributed by atoms with E-state index in [2.05, 4.69) is 29.6 Å². The fourth-order valence-corrected chi connectivity index (χ4v) is 3.36. The molecule has 0 saturated heterocycles. The van der Waals surface area contributed by atoms with Crippen LogP contribution in [-0.4, -0.2) is 24.3 Å². The Morgan fingerprint density at radius 3 is 2.69 bits per heavy atom. The highest BCUT2D eigenvalue weighted by molar-refractivity contribution is 6.03. The van der Waals surface area contributed by atoms with Gasteiger partial charge in [0.2, 0.25) is 0 Å². The molecule has 4 heteroatoms. The second-order valence-corrected chi connectivity index (χ2v) is 6.41. The molecule has 0 bridgehead atoms. The summed E-state index contributed by atoms with van der Waals surface area (Å²) in [6.07, 6.45) is 0.0477. The molecule has 0 unspecified atom stereocenters. The van der Waals surface area contributed by atoms with Gasteiger partial charge in [-0.3, -0.25) is 9.59 Å². The van der Waals surface area contributed by atoms with Crippen molar-refractivity contribution in [2.75, 3.05) is 6.54 Å². The number of hydrogen-bond donors (Lipinski definition) is 1. The van der Waals surface area contributed by atoms with Gasteiger partial charge in [0, 0.05) is 6.54 Å². The van der Waals surface area contributed by atoms with Crippen LogP contribution < -0.4 is 10.1 Å². The van der Waals surface area contributed by atoms with Crippen LogP contribution in [0, 0.1) is 0 Å². The number of rotatable bonds is 4. The molecular weight excluding hydrogens is 326 g/mol. The van der Waals surface area contributed by atoms with Crippen molar-refractivity contribution in [1.82, 2.24) is 5.32 Å². The summed E-state index contributed by atoms with van der Waals surface area (Å²) in [5.41, 5.74) is 1.74. The van der Waals surface area contributed by atoms with Gasteiger partial charge in [-0.05, 0) is 34.9 Å². The highest BCUT2D eigenvalue weighted by atomic mass is 16.5. The maximum Gasteiger partial charge on any atom is 0.261 e. The lowest BCUT2D eigenvalue weighted by molar-refractivity contribution is -0.128. The number of carbonyl (C=O) groups excluding carboxylic acids is 2. The molecule has 1 atom stereocenters. The lowest BCUT2D eigenvalue weighted by Crippen LogP contribution is -2.42. The summed E-state index contributed by atoms with van der Waals surface area (Å²) in [6, 6.07) is 21.4. The molecule has 1 N–H and O–H groups in total. The van der Waals surface area contributed by atoms with Crippen LogP contribution >= 0.6 is 0 Å². The Balaban J connectivity index is 1.39. The number of hydrogen-bond acceptors (Lipinski definition) is 3.